The van der Waals surface area contributed by atoms with Crippen molar-refractivity contribution >= 4 is 29.9 Å². The minimum absolute atomic E-state index is 0. The van der Waals surface area contributed by atoms with E-state index in [4.69, 9.17) is 17.3 Å². The van der Waals surface area contributed by atoms with Crippen LogP contribution in [0.25, 0.3) is 0 Å². The van der Waals surface area contributed by atoms with Crippen LogP contribution in [0.1, 0.15) is 36.0 Å². The molecule has 2 rings (SSSR count). The quantitative estimate of drug-likeness (QED) is 0.871. The summed E-state index contributed by atoms with van der Waals surface area (Å²) in [5.74, 6) is -0.645. The molecular weight excluding hydrogens is 337 g/mol. The fourth-order valence-corrected chi connectivity index (χ4v) is 2.58. The smallest absolute Gasteiger partial charge is 0.387 e. The molecule has 124 valence electrons. The van der Waals surface area contributed by atoms with Crippen molar-refractivity contribution in [2.24, 2.45) is 5.73 Å². The first-order valence-corrected chi connectivity index (χ1v) is 7.14. The van der Waals surface area contributed by atoms with Crippen LogP contribution in [-0.2, 0) is 0 Å². The van der Waals surface area contributed by atoms with Crippen LogP contribution >= 0.6 is 24.0 Å². The van der Waals surface area contributed by atoms with Gasteiger partial charge in [-0.05, 0) is 43.9 Å². The molecule has 1 aromatic carbocycles. The lowest BCUT2D eigenvalue weighted by atomic mass is 9.91. The molecule has 1 amide bonds. The fraction of sp³-hybridized carbons (Fsp3) is 0.500. The van der Waals surface area contributed by atoms with Gasteiger partial charge >= 0.3 is 6.61 Å². The van der Waals surface area contributed by atoms with Crippen LogP contribution < -0.4 is 15.8 Å². The second kappa shape index (κ2) is 8.50. The number of benzene rings is 1. The average molecular weight is 355 g/mol. The van der Waals surface area contributed by atoms with Crippen molar-refractivity contribution in [1.82, 2.24) is 5.32 Å². The van der Waals surface area contributed by atoms with Crippen molar-refractivity contribution in [3.8, 4) is 5.75 Å². The Bertz CT molecular complexity index is 510. The van der Waals surface area contributed by atoms with E-state index in [0.29, 0.717) is 0 Å². The molecule has 4 nitrogen and oxygen atoms in total. The third kappa shape index (κ3) is 5.26. The molecule has 0 bridgehead atoms. The Morgan fingerprint density at radius 2 is 1.95 bits per heavy atom. The summed E-state index contributed by atoms with van der Waals surface area (Å²) in [5.41, 5.74) is 5.82. The lowest BCUT2D eigenvalue weighted by Crippen LogP contribution is -2.40. The number of hydrogen-bond donors (Lipinski definition) is 2. The Morgan fingerprint density at radius 1 is 1.32 bits per heavy atom. The van der Waals surface area contributed by atoms with Crippen LogP contribution in [0.4, 0.5) is 8.78 Å². The maximum Gasteiger partial charge on any atom is 0.387 e. The van der Waals surface area contributed by atoms with E-state index in [1.165, 1.54) is 18.2 Å². The van der Waals surface area contributed by atoms with Crippen molar-refractivity contribution in [1.29, 1.82) is 0 Å². The third-order valence-electron chi connectivity index (χ3n) is 3.51. The molecule has 1 aliphatic carbocycles. The van der Waals surface area contributed by atoms with E-state index in [2.05, 4.69) is 10.1 Å². The predicted molar refractivity (Wildman–Crippen MR) is 83.0 cm³/mol. The van der Waals surface area contributed by atoms with Crippen molar-refractivity contribution in [2.45, 2.75) is 44.4 Å². The van der Waals surface area contributed by atoms with Crippen LogP contribution in [0.5, 0.6) is 5.75 Å². The van der Waals surface area contributed by atoms with Gasteiger partial charge in [-0.1, -0.05) is 11.6 Å². The van der Waals surface area contributed by atoms with Crippen LogP contribution in [-0.4, -0.2) is 24.6 Å². The lowest BCUT2D eigenvalue weighted by Gasteiger charge is -2.27. The van der Waals surface area contributed by atoms with Gasteiger partial charge in [0.2, 0.25) is 0 Å². The molecule has 3 N–H and O–H groups in total. The number of nitrogens with one attached hydrogen (secondary N) is 1. The molecule has 22 heavy (non-hydrogen) atoms. The van der Waals surface area contributed by atoms with Gasteiger partial charge in [0, 0.05) is 17.1 Å². The molecule has 0 aliphatic heterocycles. The Labute approximate surface area is 138 Å². The minimum Gasteiger partial charge on any atom is -0.434 e. The van der Waals surface area contributed by atoms with Gasteiger partial charge in [-0.25, -0.2) is 0 Å². The Kier molecular flexibility index (Phi) is 7.32. The monoisotopic (exact) mass is 354 g/mol. The second-order valence-corrected chi connectivity index (χ2v) is 5.54. The number of alkyl halides is 2. The standard InChI is InChI=1S/C14H17ClF2N2O2.ClH/c15-8-1-6-12(21-14(16)17)11(7-8)13(20)19-10-4-2-9(18)3-5-10;/h1,6-7,9-10,14H,2-5,18H2,(H,19,20);1H. The molecule has 0 saturated heterocycles. The minimum atomic E-state index is -2.99. The first-order valence-electron chi connectivity index (χ1n) is 6.76. The van der Waals surface area contributed by atoms with E-state index in [0.717, 1.165) is 25.7 Å². The molecule has 1 aliphatic rings. The van der Waals surface area contributed by atoms with E-state index >= 15 is 0 Å². The van der Waals surface area contributed by atoms with Gasteiger partial charge in [0.05, 0.1) is 5.56 Å². The summed E-state index contributed by atoms with van der Waals surface area (Å²) in [6.07, 6.45) is 3.22. The third-order valence-corrected chi connectivity index (χ3v) is 3.74. The van der Waals surface area contributed by atoms with E-state index in [1.807, 2.05) is 0 Å². The molecule has 0 spiro atoms. The number of hydrogen-bond acceptors (Lipinski definition) is 3. The number of carbonyl (C=O) groups excluding carboxylic acids is 1. The predicted octanol–water partition coefficient (Wildman–Crippen LogP) is 3.36. The van der Waals surface area contributed by atoms with E-state index in [-0.39, 0.29) is 40.8 Å². The highest BCUT2D eigenvalue weighted by Crippen LogP contribution is 2.25. The van der Waals surface area contributed by atoms with Gasteiger partial charge < -0.3 is 15.8 Å². The number of amides is 1. The molecule has 1 saturated carbocycles. The van der Waals surface area contributed by atoms with Crippen LogP contribution in [0.2, 0.25) is 5.02 Å². The van der Waals surface area contributed by atoms with Crippen LogP contribution in [0.3, 0.4) is 0 Å². The highest BCUT2D eigenvalue weighted by atomic mass is 35.5. The van der Waals surface area contributed by atoms with Gasteiger partial charge in [0.15, 0.2) is 0 Å². The summed E-state index contributed by atoms with van der Waals surface area (Å²) >= 11 is 5.82. The molecule has 1 fully saturated rings. The molecule has 0 radical (unpaired) electrons. The normalized spacial score (nSPS) is 21.1. The van der Waals surface area contributed by atoms with Crippen molar-refractivity contribution in [3.63, 3.8) is 0 Å². The van der Waals surface area contributed by atoms with Crippen LogP contribution in [0, 0.1) is 0 Å². The zero-order valence-corrected chi connectivity index (χ0v) is 13.3. The summed E-state index contributed by atoms with van der Waals surface area (Å²) in [6, 6.07) is 4.15. The Morgan fingerprint density at radius 3 is 2.55 bits per heavy atom. The maximum absolute atomic E-state index is 12.4. The van der Waals surface area contributed by atoms with Crippen molar-refractivity contribution < 1.29 is 18.3 Å². The Hall–Kier alpha value is -1.11. The second-order valence-electron chi connectivity index (χ2n) is 5.10. The SMILES string of the molecule is Cl.NC1CCC(NC(=O)c2cc(Cl)ccc2OC(F)F)CC1. The number of carbonyl (C=O) groups is 1. The highest BCUT2D eigenvalue weighted by molar-refractivity contribution is 6.31. The average Bonchev–Trinajstić information content (AvgIpc) is 2.43. The fourth-order valence-electron chi connectivity index (χ4n) is 2.41. The van der Waals surface area contributed by atoms with Gasteiger partial charge in [-0.2, -0.15) is 8.78 Å². The zero-order valence-electron chi connectivity index (χ0n) is 11.7. The molecule has 0 atom stereocenters. The Balaban J connectivity index is 0.00000242. The van der Waals surface area contributed by atoms with Gasteiger partial charge in [-0.3, -0.25) is 4.79 Å². The van der Waals surface area contributed by atoms with E-state index < -0.39 is 12.5 Å². The van der Waals surface area contributed by atoms with Gasteiger partial charge in [0.25, 0.3) is 5.91 Å². The molecule has 0 aromatic heterocycles. The van der Waals surface area contributed by atoms with Crippen LogP contribution in [0.15, 0.2) is 18.2 Å². The van der Waals surface area contributed by atoms with E-state index in [1.54, 1.807) is 0 Å². The summed E-state index contributed by atoms with van der Waals surface area (Å²) in [5, 5.41) is 3.10. The summed E-state index contributed by atoms with van der Waals surface area (Å²) in [4.78, 5) is 12.2. The number of halogens is 4. The number of rotatable bonds is 4. The summed E-state index contributed by atoms with van der Waals surface area (Å²) in [6.45, 7) is -2.99. The molecule has 8 heteroatoms. The molecular formula is C14H18Cl2F2N2O2. The molecule has 0 unspecified atom stereocenters. The number of ether oxygens (including phenoxy) is 1. The lowest BCUT2D eigenvalue weighted by molar-refractivity contribution is -0.0501. The van der Waals surface area contributed by atoms with Crippen molar-refractivity contribution in [2.75, 3.05) is 0 Å². The highest BCUT2D eigenvalue weighted by Gasteiger charge is 2.23. The molecule has 0 heterocycles. The molecule has 1 aromatic rings. The van der Waals surface area contributed by atoms with Gasteiger partial charge in [-0.15, -0.1) is 12.4 Å². The summed E-state index contributed by atoms with van der Waals surface area (Å²) in [7, 11) is 0. The number of nitrogens with two attached hydrogens (primary N) is 1. The summed E-state index contributed by atoms with van der Waals surface area (Å²) < 4.78 is 29.1. The van der Waals surface area contributed by atoms with Crippen molar-refractivity contribution in [3.05, 3.63) is 28.8 Å². The first-order chi connectivity index (χ1) is 9.95. The van der Waals surface area contributed by atoms with Gasteiger partial charge in [0.1, 0.15) is 5.75 Å². The zero-order chi connectivity index (χ0) is 15.4. The largest absolute Gasteiger partial charge is 0.434 e. The first kappa shape index (κ1) is 18.9. The van der Waals surface area contributed by atoms with E-state index in [9.17, 15) is 13.6 Å². The maximum atomic E-state index is 12.4. The topological polar surface area (TPSA) is 64.3 Å².